The molecule has 0 bridgehead atoms. The summed E-state index contributed by atoms with van der Waals surface area (Å²) in [5, 5.41) is 11.4. The van der Waals surface area contributed by atoms with E-state index in [4.69, 9.17) is 4.74 Å². The van der Waals surface area contributed by atoms with Gasteiger partial charge in [-0.15, -0.1) is 0 Å². The highest BCUT2D eigenvalue weighted by Gasteiger charge is 2.37. The molecule has 2 aromatic carbocycles. The van der Waals surface area contributed by atoms with Gasteiger partial charge in [-0.25, -0.2) is 14.5 Å². The number of hydrogen-bond donors (Lipinski definition) is 2. The van der Waals surface area contributed by atoms with Crippen LogP contribution in [0, 0.1) is 13.8 Å². The third-order valence-electron chi connectivity index (χ3n) is 4.56. The molecular formula is C22H20N2O6. The molecule has 2 N–H and O–H groups in total. The summed E-state index contributed by atoms with van der Waals surface area (Å²) in [6, 6.07) is 8.58. The van der Waals surface area contributed by atoms with Gasteiger partial charge in [-0.05, 0) is 62.2 Å². The Morgan fingerprint density at radius 3 is 2.53 bits per heavy atom. The summed E-state index contributed by atoms with van der Waals surface area (Å²) in [6.45, 7) is 5.62. The Balaban J connectivity index is 2.12. The van der Waals surface area contributed by atoms with Crippen LogP contribution in [0.4, 0.5) is 10.5 Å². The van der Waals surface area contributed by atoms with E-state index in [1.54, 1.807) is 26.0 Å². The zero-order valence-electron chi connectivity index (χ0n) is 16.7. The minimum absolute atomic E-state index is 0.0311. The van der Waals surface area contributed by atoms with Gasteiger partial charge in [0.2, 0.25) is 0 Å². The third kappa shape index (κ3) is 3.93. The zero-order valence-corrected chi connectivity index (χ0v) is 16.7. The van der Waals surface area contributed by atoms with Crippen LogP contribution < -0.4 is 15.0 Å². The number of ether oxygens (including phenoxy) is 1. The number of benzene rings is 2. The van der Waals surface area contributed by atoms with Gasteiger partial charge in [0.05, 0.1) is 17.9 Å². The number of barbiturate groups is 1. The molecule has 3 rings (SSSR count). The molecule has 30 heavy (non-hydrogen) atoms. The zero-order chi connectivity index (χ0) is 22.0. The number of carboxylic acids is 1. The summed E-state index contributed by atoms with van der Waals surface area (Å²) in [7, 11) is 0. The number of carbonyl (C=O) groups is 4. The van der Waals surface area contributed by atoms with E-state index < -0.39 is 23.8 Å². The van der Waals surface area contributed by atoms with E-state index in [2.05, 4.69) is 5.32 Å². The first-order valence-electron chi connectivity index (χ1n) is 9.21. The second-order valence-corrected chi connectivity index (χ2v) is 6.74. The van der Waals surface area contributed by atoms with Crippen LogP contribution in [0.5, 0.6) is 5.75 Å². The lowest BCUT2D eigenvalue weighted by atomic mass is 10.0. The number of imide groups is 2. The minimum atomic E-state index is -1.16. The molecule has 1 aliphatic heterocycles. The number of carboxylic acid groups (broad SMARTS) is 1. The molecule has 154 valence electrons. The van der Waals surface area contributed by atoms with Crippen LogP contribution in [0.2, 0.25) is 0 Å². The van der Waals surface area contributed by atoms with Crippen molar-refractivity contribution in [1.82, 2.24) is 5.32 Å². The number of nitrogens with one attached hydrogen (secondary N) is 1. The molecule has 1 aliphatic rings. The quantitative estimate of drug-likeness (QED) is 0.581. The second kappa shape index (κ2) is 8.20. The van der Waals surface area contributed by atoms with Gasteiger partial charge >= 0.3 is 12.0 Å². The van der Waals surface area contributed by atoms with E-state index in [-0.39, 0.29) is 16.7 Å². The van der Waals surface area contributed by atoms with Crippen molar-refractivity contribution in [2.24, 2.45) is 0 Å². The van der Waals surface area contributed by atoms with Crippen LogP contribution in [0.3, 0.4) is 0 Å². The van der Waals surface area contributed by atoms with Crippen LogP contribution in [0.25, 0.3) is 6.08 Å². The number of carbonyl (C=O) groups excluding carboxylic acids is 3. The average molecular weight is 408 g/mol. The Kier molecular flexibility index (Phi) is 5.68. The number of aromatic carboxylic acids is 1. The predicted molar refractivity (Wildman–Crippen MR) is 109 cm³/mol. The molecule has 1 saturated heterocycles. The van der Waals surface area contributed by atoms with Gasteiger partial charge in [0.1, 0.15) is 11.3 Å². The van der Waals surface area contributed by atoms with Crippen LogP contribution in [-0.2, 0) is 9.59 Å². The summed E-state index contributed by atoms with van der Waals surface area (Å²) < 4.78 is 5.49. The highest BCUT2D eigenvalue weighted by molar-refractivity contribution is 6.39. The Morgan fingerprint density at radius 1 is 1.13 bits per heavy atom. The molecule has 4 amide bonds. The molecule has 0 saturated carbocycles. The van der Waals surface area contributed by atoms with Crippen LogP contribution >= 0.6 is 0 Å². The normalized spacial score (nSPS) is 15.4. The molecule has 1 heterocycles. The van der Waals surface area contributed by atoms with Gasteiger partial charge < -0.3 is 9.84 Å². The van der Waals surface area contributed by atoms with Crippen molar-refractivity contribution in [3.05, 3.63) is 64.2 Å². The summed E-state index contributed by atoms with van der Waals surface area (Å²) in [6.07, 6.45) is 1.24. The minimum Gasteiger partial charge on any atom is -0.493 e. The topological polar surface area (TPSA) is 113 Å². The first kappa shape index (κ1) is 20.8. The molecular weight excluding hydrogens is 388 g/mol. The Labute approximate surface area is 172 Å². The van der Waals surface area contributed by atoms with Crippen molar-refractivity contribution in [2.75, 3.05) is 11.5 Å². The lowest BCUT2D eigenvalue weighted by Gasteiger charge is -2.28. The molecule has 0 aliphatic carbocycles. The molecule has 2 aromatic rings. The fourth-order valence-corrected chi connectivity index (χ4v) is 3.07. The van der Waals surface area contributed by atoms with E-state index in [0.717, 1.165) is 10.5 Å². The number of nitrogens with zero attached hydrogens (tertiary/aromatic N) is 1. The maximum absolute atomic E-state index is 13.1. The average Bonchev–Trinajstić information content (AvgIpc) is 2.68. The maximum atomic E-state index is 13.1. The monoisotopic (exact) mass is 408 g/mol. The summed E-state index contributed by atoms with van der Waals surface area (Å²) >= 11 is 0. The van der Waals surface area contributed by atoms with Crippen LogP contribution in [0.1, 0.15) is 34.0 Å². The number of hydrogen-bond acceptors (Lipinski definition) is 5. The van der Waals surface area contributed by atoms with Gasteiger partial charge in [0.15, 0.2) is 0 Å². The van der Waals surface area contributed by atoms with Crippen molar-refractivity contribution < 1.29 is 29.0 Å². The lowest BCUT2D eigenvalue weighted by molar-refractivity contribution is -0.122. The molecule has 8 heteroatoms. The van der Waals surface area contributed by atoms with Crippen molar-refractivity contribution in [3.63, 3.8) is 0 Å². The fourth-order valence-electron chi connectivity index (χ4n) is 3.07. The van der Waals surface area contributed by atoms with Gasteiger partial charge in [0, 0.05) is 5.56 Å². The van der Waals surface area contributed by atoms with Gasteiger partial charge in [-0.1, -0.05) is 12.1 Å². The fraction of sp³-hybridized carbons (Fsp3) is 0.182. The van der Waals surface area contributed by atoms with Gasteiger partial charge in [-0.3, -0.25) is 14.9 Å². The number of amides is 4. The van der Waals surface area contributed by atoms with E-state index in [9.17, 15) is 24.3 Å². The molecule has 8 nitrogen and oxygen atoms in total. The Morgan fingerprint density at radius 2 is 1.87 bits per heavy atom. The van der Waals surface area contributed by atoms with Crippen LogP contribution in [0.15, 0.2) is 42.0 Å². The first-order chi connectivity index (χ1) is 14.2. The van der Waals surface area contributed by atoms with Gasteiger partial charge in [0.25, 0.3) is 11.8 Å². The van der Waals surface area contributed by atoms with Gasteiger partial charge in [-0.2, -0.15) is 0 Å². The smallest absolute Gasteiger partial charge is 0.335 e. The number of aryl methyl sites for hydroxylation is 2. The standard InChI is InChI=1S/C22H20N2O6/c1-4-30-18-8-7-14(21(27)28)10-15(18)11-16-19(25)23-22(29)24(20(16)26)17-9-12(2)5-6-13(17)3/h5-11H,4H2,1-3H3,(H,27,28)(H,23,25,29)/b16-11+. The molecule has 0 unspecified atom stereocenters. The highest BCUT2D eigenvalue weighted by Crippen LogP contribution is 2.28. The van der Waals surface area contributed by atoms with E-state index in [1.165, 1.54) is 24.3 Å². The second-order valence-electron chi connectivity index (χ2n) is 6.74. The lowest BCUT2D eigenvalue weighted by Crippen LogP contribution is -2.54. The molecule has 0 radical (unpaired) electrons. The summed E-state index contributed by atoms with van der Waals surface area (Å²) in [4.78, 5) is 50.2. The summed E-state index contributed by atoms with van der Waals surface area (Å²) in [5.74, 6) is -2.52. The molecule has 0 spiro atoms. The Bertz CT molecular complexity index is 1100. The SMILES string of the molecule is CCOc1ccc(C(=O)O)cc1/C=C1\C(=O)NC(=O)N(c2cc(C)ccc2C)C1=O. The van der Waals surface area contributed by atoms with E-state index in [1.807, 2.05) is 13.0 Å². The Hall–Kier alpha value is -3.94. The van der Waals surface area contributed by atoms with Crippen LogP contribution in [-0.4, -0.2) is 35.5 Å². The number of urea groups is 1. The third-order valence-corrected chi connectivity index (χ3v) is 4.56. The number of rotatable bonds is 5. The van der Waals surface area contributed by atoms with E-state index >= 15 is 0 Å². The maximum Gasteiger partial charge on any atom is 0.335 e. The van der Waals surface area contributed by atoms with Crippen molar-refractivity contribution >= 4 is 35.6 Å². The van der Waals surface area contributed by atoms with E-state index in [0.29, 0.717) is 23.6 Å². The first-order valence-corrected chi connectivity index (χ1v) is 9.21. The van der Waals surface area contributed by atoms with Crippen molar-refractivity contribution in [3.8, 4) is 5.75 Å². The highest BCUT2D eigenvalue weighted by atomic mass is 16.5. The van der Waals surface area contributed by atoms with Crippen molar-refractivity contribution in [1.29, 1.82) is 0 Å². The summed E-state index contributed by atoms with van der Waals surface area (Å²) in [5.41, 5.74) is 1.79. The molecule has 1 fully saturated rings. The van der Waals surface area contributed by atoms with Crippen molar-refractivity contribution in [2.45, 2.75) is 20.8 Å². The molecule has 0 aromatic heterocycles. The molecule has 0 atom stereocenters. The largest absolute Gasteiger partial charge is 0.493 e. The predicted octanol–water partition coefficient (Wildman–Crippen LogP) is 3.07. The number of anilines is 1.